The average Bonchev–Trinajstić information content (AvgIpc) is 2.47. The van der Waals surface area contributed by atoms with Gasteiger partial charge in [-0.1, -0.05) is 38.1 Å². The molecule has 0 aliphatic carbocycles. The van der Waals surface area contributed by atoms with Gasteiger partial charge in [-0.2, -0.15) is 0 Å². The summed E-state index contributed by atoms with van der Waals surface area (Å²) in [5.41, 5.74) is 1.67. The Morgan fingerprint density at radius 2 is 1.62 bits per heavy atom. The summed E-state index contributed by atoms with van der Waals surface area (Å²) in [7, 11) is 1.81. The van der Waals surface area contributed by atoms with Crippen molar-refractivity contribution in [2.75, 3.05) is 7.05 Å². The van der Waals surface area contributed by atoms with Gasteiger partial charge in [0.25, 0.3) is 0 Å². The first-order valence-corrected chi connectivity index (χ1v) is 7.27. The van der Waals surface area contributed by atoms with E-state index in [0.717, 1.165) is 11.3 Å². The van der Waals surface area contributed by atoms with Crippen LogP contribution in [0.5, 0.6) is 11.5 Å². The van der Waals surface area contributed by atoms with Crippen LogP contribution in [0.4, 0.5) is 4.39 Å². The first-order valence-electron chi connectivity index (χ1n) is 7.27. The third kappa shape index (κ3) is 3.42. The summed E-state index contributed by atoms with van der Waals surface area (Å²) in [6, 6.07) is 12.7. The lowest BCUT2D eigenvalue weighted by atomic mass is 10.0. The van der Waals surface area contributed by atoms with Crippen molar-refractivity contribution in [2.45, 2.75) is 32.7 Å². The Kier molecular flexibility index (Phi) is 4.97. The largest absolute Gasteiger partial charge is 0.457 e. The van der Waals surface area contributed by atoms with Gasteiger partial charge in [-0.05, 0) is 43.7 Å². The summed E-state index contributed by atoms with van der Waals surface area (Å²) in [6.07, 6.45) is 0. The first-order chi connectivity index (χ1) is 10.0. The summed E-state index contributed by atoms with van der Waals surface area (Å²) in [4.78, 5) is 0. The second kappa shape index (κ2) is 6.72. The average molecular weight is 287 g/mol. The maximum Gasteiger partial charge on any atom is 0.135 e. The molecular formula is C18H22FNO. The molecule has 1 N–H and O–H groups in total. The van der Waals surface area contributed by atoms with Crippen LogP contribution in [0.2, 0.25) is 0 Å². The van der Waals surface area contributed by atoms with Gasteiger partial charge in [0.05, 0.1) is 0 Å². The molecule has 0 amide bonds. The van der Waals surface area contributed by atoms with Crippen LogP contribution in [0, 0.1) is 5.82 Å². The smallest absolute Gasteiger partial charge is 0.135 e. The highest BCUT2D eigenvalue weighted by Crippen LogP contribution is 2.35. The van der Waals surface area contributed by atoms with Gasteiger partial charge in [-0.15, -0.1) is 0 Å². The quantitative estimate of drug-likeness (QED) is 0.833. The van der Waals surface area contributed by atoms with Crippen molar-refractivity contribution >= 4 is 0 Å². The fourth-order valence-corrected chi connectivity index (χ4v) is 2.34. The molecule has 0 heterocycles. The monoisotopic (exact) mass is 287 g/mol. The molecule has 0 aromatic heterocycles. The van der Waals surface area contributed by atoms with Crippen molar-refractivity contribution in [2.24, 2.45) is 0 Å². The van der Waals surface area contributed by atoms with E-state index in [9.17, 15) is 4.39 Å². The maximum absolute atomic E-state index is 14.1. The molecule has 2 aromatic carbocycles. The molecule has 0 saturated heterocycles. The molecule has 1 atom stereocenters. The van der Waals surface area contributed by atoms with Crippen LogP contribution in [-0.4, -0.2) is 7.05 Å². The molecule has 0 radical (unpaired) electrons. The van der Waals surface area contributed by atoms with Crippen LogP contribution in [0.3, 0.4) is 0 Å². The SMILES string of the molecule is CNC(C)c1c(F)cccc1Oc1ccccc1C(C)C. The summed E-state index contributed by atoms with van der Waals surface area (Å²) in [6.45, 7) is 6.15. The molecule has 2 aromatic rings. The van der Waals surface area contributed by atoms with E-state index in [1.165, 1.54) is 6.07 Å². The lowest BCUT2D eigenvalue weighted by molar-refractivity contribution is 0.446. The lowest BCUT2D eigenvalue weighted by Gasteiger charge is -2.19. The minimum Gasteiger partial charge on any atom is -0.457 e. The number of halogens is 1. The highest BCUT2D eigenvalue weighted by Gasteiger charge is 2.17. The van der Waals surface area contributed by atoms with Gasteiger partial charge >= 0.3 is 0 Å². The number of hydrogen-bond acceptors (Lipinski definition) is 2. The summed E-state index contributed by atoms with van der Waals surface area (Å²) in [5, 5.41) is 3.07. The predicted octanol–water partition coefficient (Wildman–Crippen LogP) is 5.02. The highest BCUT2D eigenvalue weighted by molar-refractivity contribution is 5.44. The Morgan fingerprint density at radius 3 is 2.29 bits per heavy atom. The molecule has 0 aliphatic heterocycles. The minimum atomic E-state index is -0.253. The van der Waals surface area contributed by atoms with Crippen LogP contribution >= 0.6 is 0 Å². The Hall–Kier alpha value is -1.87. The number of hydrogen-bond donors (Lipinski definition) is 1. The maximum atomic E-state index is 14.1. The molecule has 2 rings (SSSR count). The van der Waals surface area contributed by atoms with E-state index in [0.29, 0.717) is 17.2 Å². The predicted molar refractivity (Wildman–Crippen MR) is 84.5 cm³/mol. The fourth-order valence-electron chi connectivity index (χ4n) is 2.34. The molecule has 3 heteroatoms. The lowest BCUT2D eigenvalue weighted by Crippen LogP contribution is -2.15. The van der Waals surface area contributed by atoms with Crippen LogP contribution in [-0.2, 0) is 0 Å². The summed E-state index contributed by atoms with van der Waals surface area (Å²) in [5.74, 6) is 1.43. The molecule has 0 aliphatic rings. The van der Waals surface area contributed by atoms with Crippen molar-refractivity contribution in [1.82, 2.24) is 5.32 Å². The zero-order valence-electron chi connectivity index (χ0n) is 13.0. The van der Waals surface area contributed by atoms with Crippen molar-refractivity contribution < 1.29 is 9.13 Å². The van der Waals surface area contributed by atoms with E-state index in [4.69, 9.17) is 4.74 Å². The molecule has 0 bridgehead atoms. The van der Waals surface area contributed by atoms with Crippen LogP contribution in [0.15, 0.2) is 42.5 Å². The standard InChI is InChI=1S/C18H22FNO/c1-12(2)14-8-5-6-10-16(14)21-17-11-7-9-15(19)18(17)13(3)20-4/h5-13,20H,1-4H3. The molecule has 0 fully saturated rings. The number of para-hydroxylation sites is 1. The highest BCUT2D eigenvalue weighted by atomic mass is 19.1. The molecule has 0 saturated carbocycles. The third-order valence-corrected chi connectivity index (χ3v) is 3.64. The van der Waals surface area contributed by atoms with Crippen LogP contribution in [0.1, 0.15) is 43.9 Å². The minimum absolute atomic E-state index is 0.118. The van der Waals surface area contributed by atoms with Gasteiger partial charge in [0.15, 0.2) is 0 Å². The van der Waals surface area contributed by atoms with Gasteiger partial charge in [0.2, 0.25) is 0 Å². The van der Waals surface area contributed by atoms with Gasteiger partial charge in [0, 0.05) is 11.6 Å². The molecular weight excluding hydrogens is 265 g/mol. The molecule has 0 spiro atoms. The van der Waals surface area contributed by atoms with E-state index >= 15 is 0 Å². The molecule has 2 nitrogen and oxygen atoms in total. The number of nitrogens with one attached hydrogen (secondary N) is 1. The van der Waals surface area contributed by atoms with Gasteiger partial charge in [-0.25, -0.2) is 4.39 Å². The van der Waals surface area contributed by atoms with E-state index < -0.39 is 0 Å². The van der Waals surface area contributed by atoms with Crippen LogP contribution < -0.4 is 10.1 Å². The van der Waals surface area contributed by atoms with E-state index in [1.54, 1.807) is 6.07 Å². The normalized spacial score (nSPS) is 12.5. The molecule has 112 valence electrons. The second-order valence-corrected chi connectivity index (χ2v) is 5.46. The summed E-state index contributed by atoms with van der Waals surface area (Å²) < 4.78 is 20.2. The zero-order chi connectivity index (χ0) is 15.4. The summed E-state index contributed by atoms with van der Waals surface area (Å²) >= 11 is 0. The second-order valence-electron chi connectivity index (χ2n) is 5.46. The van der Waals surface area contributed by atoms with Crippen molar-refractivity contribution in [3.05, 3.63) is 59.4 Å². The fraction of sp³-hybridized carbons (Fsp3) is 0.333. The Balaban J connectivity index is 2.43. The van der Waals surface area contributed by atoms with Gasteiger partial charge < -0.3 is 10.1 Å². The third-order valence-electron chi connectivity index (χ3n) is 3.64. The van der Waals surface area contributed by atoms with Crippen LogP contribution in [0.25, 0.3) is 0 Å². The Bertz CT molecular complexity index is 610. The topological polar surface area (TPSA) is 21.3 Å². The van der Waals surface area contributed by atoms with Crippen molar-refractivity contribution in [3.8, 4) is 11.5 Å². The molecule has 1 unspecified atom stereocenters. The van der Waals surface area contributed by atoms with Crippen molar-refractivity contribution in [1.29, 1.82) is 0 Å². The van der Waals surface area contributed by atoms with Gasteiger partial charge in [-0.3, -0.25) is 0 Å². The number of benzene rings is 2. The number of rotatable bonds is 5. The Morgan fingerprint density at radius 1 is 0.952 bits per heavy atom. The Labute approximate surface area is 126 Å². The van der Waals surface area contributed by atoms with Crippen molar-refractivity contribution in [3.63, 3.8) is 0 Å². The van der Waals surface area contributed by atoms with E-state index in [-0.39, 0.29) is 11.9 Å². The molecule has 21 heavy (non-hydrogen) atoms. The van der Waals surface area contributed by atoms with E-state index in [1.807, 2.05) is 44.3 Å². The first kappa shape index (κ1) is 15.5. The number of ether oxygens (including phenoxy) is 1. The zero-order valence-corrected chi connectivity index (χ0v) is 13.0. The van der Waals surface area contributed by atoms with Gasteiger partial charge in [0.1, 0.15) is 17.3 Å². The van der Waals surface area contributed by atoms with E-state index in [2.05, 4.69) is 19.2 Å².